The Labute approximate surface area is 233 Å². The van der Waals surface area contributed by atoms with Crippen LogP contribution in [0, 0.1) is 5.41 Å². The van der Waals surface area contributed by atoms with Gasteiger partial charge >= 0.3 is 11.9 Å². The molecule has 0 radical (unpaired) electrons. The Morgan fingerprint density at radius 3 is 2.35 bits per heavy atom. The summed E-state index contributed by atoms with van der Waals surface area (Å²) in [6, 6.07) is 21.5. The number of methoxy groups -OCH3 is 1. The number of ether oxygens (including phenoxy) is 3. The first-order chi connectivity index (χ1) is 19.4. The van der Waals surface area contributed by atoms with Gasteiger partial charge in [-0.2, -0.15) is 0 Å². The summed E-state index contributed by atoms with van der Waals surface area (Å²) in [5.74, 6) is -0.590. The lowest BCUT2D eigenvalue weighted by atomic mass is 10.1. The molecule has 0 saturated heterocycles. The molecule has 9 nitrogen and oxygen atoms in total. The van der Waals surface area contributed by atoms with Gasteiger partial charge in [-0.15, -0.1) is 0 Å². The topological polar surface area (TPSA) is 141 Å². The average Bonchev–Trinajstić information content (AvgIpc) is 2.98. The molecule has 0 spiro atoms. The number of amides is 1. The molecule has 1 amide bonds. The Morgan fingerprint density at radius 1 is 0.925 bits per heavy atom. The van der Waals surface area contributed by atoms with Crippen molar-refractivity contribution in [3.63, 3.8) is 0 Å². The maximum absolute atomic E-state index is 12.5. The SMILES string of the molecule is COC(=O)COc1ccc(CCNC(=O)c2ccc(C(=N)N)cc2)cc1/C=C/CCC(=O)OCc1ccccc1. The minimum atomic E-state index is -0.501. The second-order valence-corrected chi connectivity index (χ2v) is 8.82. The third kappa shape index (κ3) is 9.75. The number of carbonyl (C=O) groups is 3. The molecule has 3 rings (SSSR count). The number of nitrogens with two attached hydrogens (primary N) is 1. The summed E-state index contributed by atoms with van der Waals surface area (Å²) in [7, 11) is 1.29. The summed E-state index contributed by atoms with van der Waals surface area (Å²) in [6.07, 6.45) is 4.92. The van der Waals surface area contributed by atoms with E-state index in [-0.39, 0.29) is 37.3 Å². The second kappa shape index (κ2) is 15.5. The van der Waals surface area contributed by atoms with E-state index < -0.39 is 5.97 Å². The minimum Gasteiger partial charge on any atom is -0.481 e. The largest absolute Gasteiger partial charge is 0.481 e. The number of benzene rings is 3. The van der Waals surface area contributed by atoms with Crippen molar-refractivity contribution >= 4 is 29.8 Å². The van der Waals surface area contributed by atoms with Crippen LogP contribution in [0.2, 0.25) is 0 Å². The predicted molar refractivity (Wildman–Crippen MR) is 152 cm³/mol. The van der Waals surface area contributed by atoms with Gasteiger partial charge in [0.05, 0.1) is 7.11 Å². The number of nitrogens with one attached hydrogen (secondary N) is 2. The smallest absolute Gasteiger partial charge is 0.343 e. The van der Waals surface area contributed by atoms with Crippen LogP contribution in [0.3, 0.4) is 0 Å². The quantitative estimate of drug-likeness (QED) is 0.158. The van der Waals surface area contributed by atoms with Crippen molar-refractivity contribution in [2.45, 2.75) is 25.9 Å². The van der Waals surface area contributed by atoms with E-state index in [2.05, 4.69) is 10.1 Å². The van der Waals surface area contributed by atoms with Gasteiger partial charge in [0.1, 0.15) is 18.2 Å². The highest BCUT2D eigenvalue weighted by molar-refractivity contribution is 5.98. The lowest BCUT2D eigenvalue weighted by Crippen LogP contribution is -2.25. The van der Waals surface area contributed by atoms with E-state index in [0.29, 0.717) is 36.3 Å². The monoisotopic (exact) mass is 543 g/mol. The summed E-state index contributed by atoms with van der Waals surface area (Å²) in [5, 5.41) is 10.3. The Balaban J connectivity index is 1.56. The van der Waals surface area contributed by atoms with E-state index in [0.717, 1.165) is 16.7 Å². The molecule has 208 valence electrons. The molecule has 0 aliphatic rings. The first-order valence-electron chi connectivity index (χ1n) is 12.8. The number of esters is 2. The van der Waals surface area contributed by atoms with Crippen LogP contribution in [-0.2, 0) is 32.1 Å². The Bertz CT molecular complexity index is 1340. The fourth-order valence-corrected chi connectivity index (χ4v) is 3.66. The number of hydrogen-bond acceptors (Lipinski definition) is 7. The Hall–Kier alpha value is -4.92. The van der Waals surface area contributed by atoms with Gasteiger partial charge in [-0.1, -0.05) is 60.7 Å². The van der Waals surface area contributed by atoms with Gasteiger partial charge in [0.25, 0.3) is 5.91 Å². The fraction of sp³-hybridized carbons (Fsp3) is 0.226. The van der Waals surface area contributed by atoms with Crippen LogP contribution in [0.5, 0.6) is 5.75 Å². The highest BCUT2D eigenvalue weighted by atomic mass is 16.6. The van der Waals surface area contributed by atoms with E-state index in [1.54, 1.807) is 30.3 Å². The van der Waals surface area contributed by atoms with Gasteiger partial charge < -0.3 is 25.3 Å². The normalized spacial score (nSPS) is 10.6. The molecule has 0 aromatic heterocycles. The number of amidine groups is 1. The molecule has 0 atom stereocenters. The average molecular weight is 544 g/mol. The van der Waals surface area contributed by atoms with Crippen LogP contribution < -0.4 is 15.8 Å². The zero-order chi connectivity index (χ0) is 28.7. The minimum absolute atomic E-state index is 0.0567. The van der Waals surface area contributed by atoms with Gasteiger partial charge in [0, 0.05) is 29.7 Å². The van der Waals surface area contributed by atoms with Crippen molar-refractivity contribution in [1.29, 1.82) is 5.41 Å². The van der Waals surface area contributed by atoms with Gasteiger partial charge in [-0.25, -0.2) is 4.79 Å². The van der Waals surface area contributed by atoms with Crippen molar-refractivity contribution in [2.75, 3.05) is 20.3 Å². The Kier molecular flexibility index (Phi) is 11.5. The molecular weight excluding hydrogens is 510 g/mol. The number of carbonyl (C=O) groups excluding carboxylic acids is 3. The van der Waals surface area contributed by atoms with Crippen molar-refractivity contribution in [3.8, 4) is 5.75 Å². The first kappa shape index (κ1) is 29.6. The first-order valence-corrected chi connectivity index (χ1v) is 12.8. The zero-order valence-electron chi connectivity index (χ0n) is 22.4. The zero-order valence-corrected chi connectivity index (χ0v) is 22.4. The molecule has 0 saturated carbocycles. The summed E-state index contributed by atoms with van der Waals surface area (Å²) < 4.78 is 15.6. The molecule has 9 heteroatoms. The van der Waals surface area contributed by atoms with E-state index >= 15 is 0 Å². The van der Waals surface area contributed by atoms with Gasteiger partial charge in [0.15, 0.2) is 6.61 Å². The molecular formula is C31H33N3O6. The van der Waals surface area contributed by atoms with Crippen LogP contribution >= 0.6 is 0 Å². The molecule has 3 aromatic rings. The standard InChI is InChI=1S/C31H33N3O6/c1-38-29(36)21-39-27-16-11-22(17-18-34-31(37)25-14-12-24(13-15-25)30(32)33)19-26(27)9-5-6-10-28(35)40-20-23-7-3-2-4-8-23/h2-5,7-9,11-16,19H,6,10,17-18,20-21H2,1H3,(H3,32,33)(H,34,37)/b9-5+. The van der Waals surface area contributed by atoms with E-state index in [1.807, 2.05) is 54.6 Å². The summed E-state index contributed by atoms with van der Waals surface area (Å²) in [4.78, 5) is 36.1. The van der Waals surface area contributed by atoms with Crippen LogP contribution in [0.25, 0.3) is 6.08 Å². The van der Waals surface area contributed by atoms with Crippen LogP contribution in [0.1, 0.15) is 45.5 Å². The molecule has 40 heavy (non-hydrogen) atoms. The van der Waals surface area contributed by atoms with Crippen molar-refractivity contribution in [2.24, 2.45) is 5.73 Å². The van der Waals surface area contributed by atoms with E-state index in [9.17, 15) is 14.4 Å². The van der Waals surface area contributed by atoms with Gasteiger partial charge in [-0.3, -0.25) is 15.0 Å². The molecule has 0 heterocycles. The van der Waals surface area contributed by atoms with E-state index in [4.69, 9.17) is 20.6 Å². The molecule has 3 aromatic carbocycles. The number of allylic oxidation sites excluding steroid dienone is 1. The summed E-state index contributed by atoms with van der Waals surface area (Å²) in [6.45, 7) is 0.393. The summed E-state index contributed by atoms with van der Waals surface area (Å²) in [5.41, 5.74) is 9.08. The molecule has 0 fully saturated rings. The molecule has 0 bridgehead atoms. The lowest BCUT2D eigenvalue weighted by Gasteiger charge is -2.11. The maximum Gasteiger partial charge on any atom is 0.343 e. The maximum atomic E-state index is 12.5. The molecule has 0 unspecified atom stereocenters. The highest BCUT2D eigenvalue weighted by Crippen LogP contribution is 2.23. The molecule has 0 aliphatic heterocycles. The van der Waals surface area contributed by atoms with Crippen LogP contribution in [-0.4, -0.2) is 43.9 Å². The molecule has 0 aliphatic carbocycles. The highest BCUT2D eigenvalue weighted by Gasteiger charge is 2.09. The van der Waals surface area contributed by atoms with Crippen LogP contribution in [0.15, 0.2) is 78.9 Å². The van der Waals surface area contributed by atoms with Crippen molar-refractivity contribution < 1.29 is 28.6 Å². The second-order valence-electron chi connectivity index (χ2n) is 8.82. The van der Waals surface area contributed by atoms with Crippen LogP contribution in [0.4, 0.5) is 0 Å². The number of rotatable bonds is 14. The summed E-state index contributed by atoms with van der Waals surface area (Å²) >= 11 is 0. The van der Waals surface area contributed by atoms with Crippen molar-refractivity contribution in [3.05, 3.63) is 107 Å². The molecule has 4 N–H and O–H groups in total. The third-order valence-corrected chi connectivity index (χ3v) is 5.86. The van der Waals surface area contributed by atoms with Crippen molar-refractivity contribution in [1.82, 2.24) is 5.32 Å². The van der Waals surface area contributed by atoms with Gasteiger partial charge in [0.2, 0.25) is 0 Å². The van der Waals surface area contributed by atoms with E-state index in [1.165, 1.54) is 7.11 Å². The Morgan fingerprint density at radius 2 is 1.65 bits per heavy atom. The third-order valence-electron chi connectivity index (χ3n) is 5.86. The fourth-order valence-electron chi connectivity index (χ4n) is 3.66. The number of nitrogen functional groups attached to an aromatic ring is 1. The lowest BCUT2D eigenvalue weighted by molar-refractivity contribution is -0.145. The van der Waals surface area contributed by atoms with Gasteiger partial charge in [-0.05, 0) is 48.2 Å². The predicted octanol–water partition coefficient (Wildman–Crippen LogP) is 4.03. The number of hydrogen-bond donors (Lipinski definition) is 3.